The van der Waals surface area contributed by atoms with Crippen molar-refractivity contribution in [3.8, 4) is 0 Å². The second-order valence-corrected chi connectivity index (χ2v) is 12.8. The van der Waals surface area contributed by atoms with Gasteiger partial charge in [-0.3, -0.25) is 28.8 Å². The lowest BCUT2D eigenvalue weighted by molar-refractivity contribution is -0.137. The van der Waals surface area contributed by atoms with Gasteiger partial charge in [0.25, 0.3) is 11.8 Å². The quantitative estimate of drug-likeness (QED) is 0.395. The normalized spacial score (nSPS) is 26.1. The van der Waals surface area contributed by atoms with Gasteiger partial charge in [-0.15, -0.1) is 23.2 Å². The molecule has 2 N–H and O–H groups in total. The van der Waals surface area contributed by atoms with E-state index in [9.17, 15) is 19.2 Å². The highest BCUT2D eigenvalue weighted by Gasteiger charge is 2.68. The van der Waals surface area contributed by atoms with Crippen LogP contribution in [0.15, 0.2) is 42.9 Å². The van der Waals surface area contributed by atoms with E-state index in [4.69, 9.17) is 23.2 Å². The standard InChI is InChI=1S/C28H30Cl2N6O4/c1-16-6-7-21(23(37)33-16)36-24(38)19-4-3-5-20(22(19)25(36)39)31-12-17-13-32-35(14-17)18-8-10-34(11-9-18)26(40)27(2)15-28(27,29)30/h3-5,13-14,18,21,31H,1,6-12,15H2,2H3,(H,33,37). The van der Waals surface area contributed by atoms with Crippen LogP contribution in [-0.2, 0) is 16.1 Å². The number of rotatable bonds is 6. The number of carbonyl (C=O) groups excluding carboxylic acids is 4. The van der Waals surface area contributed by atoms with Crippen molar-refractivity contribution in [1.29, 1.82) is 0 Å². The second-order valence-electron chi connectivity index (χ2n) is 11.3. The van der Waals surface area contributed by atoms with E-state index in [1.54, 1.807) is 24.4 Å². The first-order valence-corrected chi connectivity index (χ1v) is 14.2. The van der Waals surface area contributed by atoms with Gasteiger partial charge in [-0.2, -0.15) is 5.10 Å². The Kier molecular flexibility index (Phi) is 6.46. The molecule has 0 bridgehead atoms. The largest absolute Gasteiger partial charge is 0.380 e. The molecule has 2 unspecified atom stereocenters. The van der Waals surface area contributed by atoms with Crippen molar-refractivity contribution in [3.63, 3.8) is 0 Å². The summed E-state index contributed by atoms with van der Waals surface area (Å²) in [6, 6.07) is 4.39. The van der Waals surface area contributed by atoms with Crippen LogP contribution in [0.5, 0.6) is 0 Å². The van der Waals surface area contributed by atoms with Gasteiger partial charge in [0.1, 0.15) is 10.4 Å². The van der Waals surface area contributed by atoms with Crippen LogP contribution in [0, 0.1) is 5.41 Å². The third kappa shape index (κ3) is 4.37. The van der Waals surface area contributed by atoms with Crippen molar-refractivity contribution in [1.82, 2.24) is 24.9 Å². The maximum Gasteiger partial charge on any atom is 0.264 e. The number of piperidine rings is 2. The molecule has 1 aliphatic carbocycles. The summed E-state index contributed by atoms with van der Waals surface area (Å²) in [5.74, 6) is -1.32. The predicted octanol–water partition coefficient (Wildman–Crippen LogP) is 3.63. The number of aromatic nitrogens is 2. The summed E-state index contributed by atoms with van der Waals surface area (Å²) in [7, 11) is 0. The zero-order chi connectivity index (χ0) is 28.4. The summed E-state index contributed by atoms with van der Waals surface area (Å²) in [6.45, 7) is 7.22. The Morgan fingerprint density at radius 1 is 1.18 bits per heavy atom. The molecule has 210 valence electrons. The minimum absolute atomic E-state index is 0.0119. The molecule has 2 atom stereocenters. The number of carbonyl (C=O) groups is 4. The molecule has 3 aliphatic heterocycles. The summed E-state index contributed by atoms with van der Waals surface area (Å²) < 4.78 is 0.951. The van der Waals surface area contributed by atoms with Gasteiger partial charge in [-0.25, -0.2) is 0 Å². The zero-order valence-electron chi connectivity index (χ0n) is 22.1. The number of nitrogens with zero attached hydrogens (tertiary/aromatic N) is 4. The Bertz CT molecular complexity index is 1450. The van der Waals surface area contributed by atoms with E-state index in [1.807, 2.05) is 22.7 Å². The summed E-state index contributed by atoms with van der Waals surface area (Å²) in [5.41, 5.74) is 1.88. The third-order valence-corrected chi connectivity index (χ3v) is 9.68. The van der Waals surface area contributed by atoms with Crippen LogP contribution in [0.1, 0.15) is 71.3 Å². The molecule has 10 nitrogen and oxygen atoms in total. The fourth-order valence-corrected chi connectivity index (χ4v) is 6.62. The molecule has 12 heteroatoms. The van der Waals surface area contributed by atoms with E-state index in [-0.39, 0.29) is 23.1 Å². The number of benzene rings is 1. The summed E-state index contributed by atoms with van der Waals surface area (Å²) in [4.78, 5) is 54.8. The Balaban J connectivity index is 1.09. The van der Waals surface area contributed by atoms with Crippen LogP contribution >= 0.6 is 23.2 Å². The molecule has 6 rings (SSSR count). The van der Waals surface area contributed by atoms with Crippen LogP contribution in [-0.4, -0.2) is 66.7 Å². The molecule has 4 aliphatic rings. The molecule has 2 aromatic rings. The molecule has 2 saturated heterocycles. The van der Waals surface area contributed by atoms with Crippen LogP contribution in [0.4, 0.5) is 5.69 Å². The molecule has 0 radical (unpaired) electrons. The Labute approximate surface area is 241 Å². The summed E-state index contributed by atoms with van der Waals surface area (Å²) in [6.07, 6.45) is 6.61. The minimum Gasteiger partial charge on any atom is -0.380 e. The van der Waals surface area contributed by atoms with Gasteiger partial charge in [0.05, 0.1) is 28.8 Å². The Morgan fingerprint density at radius 2 is 1.90 bits per heavy atom. The molecule has 1 aromatic heterocycles. The maximum atomic E-state index is 13.4. The highest BCUT2D eigenvalue weighted by Crippen LogP contribution is 2.64. The number of allylic oxidation sites excluding steroid dienone is 1. The number of halogens is 2. The van der Waals surface area contributed by atoms with Gasteiger partial charge in [-0.1, -0.05) is 12.6 Å². The van der Waals surface area contributed by atoms with E-state index in [0.29, 0.717) is 50.3 Å². The van der Waals surface area contributed by atoms with Gasteiger partial charge in [0, 0.05) is 42.8 Å². The number of imide groups is 1. The average molecular weight is 585 g/mol. The fraction of sp³-hybridized carbons (Fsp3) is 0.464. The van der Waals surface area contributed by atoms with Crippen molar-refractivity contribution in [2.75, 3.05) is 18.4 Å². The monoisotopic (exact) mass is 584 g/mol. The SMILES string of the molecule is C=C1CCC(N2C(=O)c3cccc(NCc4cnn(C5CCN(C(=O)C6(C)CC6(Cl)Cl)CC5)c4)c3C2=O)C(=O)N1. The number of amides is 4. The summed E-state index contributed by atoms with van der Waals surface area (Å²) in [5, 5.41) is 10.5. The molecule has 3 fully saturated rings. The average Bonchev–Trinajstić information content (AvgIpc) is 3.22. The van der Waals surface area contributed by atoms with Crippen molar-refractivity contribution in [3.05, 3.63) is 59.6 Å². The van der Waals surface area contributed by atoms with Crippen molar-refractivity contribution in [2.24, 2.45) is 5.41 Å². The zero-order valence-corrected chi connectivity index (χ0v) is 23.6. The molecule has 40 heavy (non-hydrogen) atoms. The maximum absolute atomic E-state index is 13.4. The molecular formula is C28H30Cl2N6O4. The predicted molar refractivity (Wildman–Crippen MR) is 149 cm³/mol. The lowest BCUT2D eigenvalue weighted by atomic mass is 10.0. The van der Waals surface area contributed by atoms with E-state index in [2.05, 4.69) is 22.3 Å². The first-order valence-electron chi connectivity index (χ1n) is 13.4. The molecular weight excluding hydrogens is 555 g/mol. The highest BCUT2D eigenvalue weighted by atomic mass is 35.5. The number of alkyl halides is 2. The highest BCUT2D eigenvalue weighted by molar-refractivity contribution is 6.53. The Hall–Kier alpha value is -3.37. The first-order chi connectivity index (χ1) is 19.0. The topological polar surface area (TPSA) is 117 Å². The minimum atomic E-state index is -0.972. The van der Waals surface area contributed by atoms with Gasteiger partial charge < -0.3 is 15.5 Å². The van der Waals surface area contributed by atoms with E-state index >= 15 is 0 Å². The number of hydrogen-bond donors (Lipinski definition) is 2. The van der Waals surface area contributed by atoms with Crippen molar-refractivity contribution in [2.45, 2.75) is 62.0 Å². The molecule has 1 saturated carbocycles. The number of hydrogen-bond acceptors (Lipinski definition) is 6. The number of likely N-dealkylation sites (tertiary alicyclic amines) is 1. The van der Waals surface area contributed by atoms with Crippen molar-refractivity contribution >= 4 is 52.5 Å². The van der Waals surface area contributed by atoms with Crippen LogP contribution in [0.3, 0.4) is 0 Å². The van der Waals surface area contributed by atoms with E-state index in [1.165, 1.54) is 0 Å². The second kappa shape index (κ2) is 9.62. The van der Waals surface area contributed by atoms with Gasteiger partial charge in [-0.05, 0) is 51.2 Å². The number of nitrogens with one attached hydrogen (secondary N) is 2. The molecule has 1 aromatic carbocycles. The van der Waals surface area contributed by atoms with Crippen LogP contribution in [0.25, 0.3) is 0 Å². The lowest BCUT2D eigenvalue weighted by Gasteiger charge is -2.34. The Morgan fingerprint density at radius 3 is 2.58 bits per heavy atom. The van der Waals surface area contributed by atoms with Crippen molar-refractivity contribution < 1.29 is 19.2 Å². The van der Waals surface area contributed by atoms with Crippen LogP contribution in [0.2, 0.25) is 0 Å². The number of fused-ring (bicyclic) bond motifs is 1. The smallest absolute Gasteiger partial charge is 0.264 e. The lowest BCUT2D eigenvalue weighted by Crippen LogP contribution is -2.51. The first kappa shape index (κ1) is 26.8. The van der Waals surface area contributed by atoms with Gasteiger partial charge in [0.15, 0.2) is 0 Å². The molecule has 4 amide bonds. The molecule has 0 spiro atoms. The van der Waals surface area contributed by atoms with Gasteiger partial charge in [0.2, 0.25) is 11.8 Å². The third-order valence-electron chi connectivity index (χ3n) is 8.57. The number of anilines is 1. The van der Waals surface area contributed by atoms with Crippen LogP contribution < -0.4 is 10.6 Å². The van der Waals surface area contributed by atoms with Gasteiger partial charge >= 0.3 is 0 Å². The van der Waals surface area contributed by atoms with E-state index in [0.717, 1.165) is 23.3 Å². The summed E-state index contributed by atoms with van der Waals surface area (Å²) >= 11 is 12.4. The molecule has 4 heterocycles. The van der Waals surface area contributed by atoms with E-state index < -0.39 is 33.5 Å². The fourth-order valence-electron chi connectivity index (χ4n) is 5.92.